The van der Waals surface area contributed by atoms with Gasteiger partial charge in [-0.2, -0.15) is 0 Å². The molecule has 6 nitrogen and oxygen atoms in total. The lowest BCUT2D eigenvalue weighted by molar-refractivity contribution is -0.123. The van der Waals surface area contributed by atoms with Gasteiger partial charge in [0.05, 0.1) is 13.2 Å². The minimum absolute atomic E-state index is 0.726. The van der Waals surface area contributed by atoms with E-state index in [0.29, 0.717) is 0 Å². The van der Waals surface area contributed by atoms with Crippen molar-refractivity contribution in [1.29, 1.82) is 0 Å². The van der Waals surface area contributed by atoms with Crippen molar-refractivity contribution in [3.63, 3.8) is 0 Å². The molecule has 4 atom stereocenters. The van der Waals surface area contributed by atoms with Crippen LogP contribution in [0.1, 0.15) is 117 Å². The summed E-state index contributed by atoms with van der Waals surface area (Å²) in [4.78, 5) is 0. The molecule has 4 unspecified atom stereocenters. The minimum atomic E-state index is -1.67. The van der Waals surface area contributed by atoms with Crippen molar-refractivity contribution >= 4 is 0 Å². The van der Waals surface area contributed by atoms with Crippen molar-refractivity contribution in [3.05, 3.63) is 0 Å². The Bertz CT molecular complexity index is 286. The first-order chi connectivity index (χ1) is 14.5. The van der Waals surface area contributed by atoms with Gasteiger partial charge in [-0.3, -0.25) is 0 Å². The predicted octanol–water partition coefficient (Wildman–Crippen LogP) is 3.68. The Kier molecular flexibility index (Phi) is 26.6. The normalized spacial score (nSPS) is 15.2. The summed E-state index contributed by atoms with van der Waals surface area (Å²) in [7, 11) is 0. The fraction of sp³-hybridized carbons (Fsp3) is 1.00. The Morgan fingerprint density at radius 3 is 0.767 bits per heavy atom. The summed E-state index contributed by atoms with van der Waals surface area (Å²) >= 11 is 0. The monoisotopic (exact) mass is 436 g/mol. The van der Waals surface area contributed by atoms with Crippen LogP contribution in [0.4, 0.5) is 0 Å². The molecule has 0 fully saturated rings. The SMILES string of the molecule is CCCCCCCCCCCCCCCCCC.OCC(O)C(O)C(O)C(O)CO. The molecule has 6 N–H and O–H groups in total. The van der Waals surface area contributed by atoms with Gasteiger partial charge < -0.3 is 30.6 Å². The van der Waals surface area contributed by atoms with Gasteiger partial charge in [0.1, 0.15) is 24.4 Å². The van der Waals surface area contributed by atoms with E-state index in [2.05, 4.69) is 13.8 Å². The van der Waals surface area contributed by atoms with E-state index >= 15 is 0 Å². The average Bonchev–Trinajstić information content (AvgIpc) is 2.77. The van der Waals surface area contributed by atoms with Crippen molar-refractivity contribution in [3.8, 4) is 0 Å². The molecule has 30 heavy (non-hydrogen) atoms. The zero-order valence-electron chi connectivity index (χ0n) is 19.7. The molecular weight excluding hydrogens is 384 g/mol. The number of rotatable bonds is 20. The Morgan fingerprint density at radius 2 is 0.600 bits per heavy atom. The van der Waals surface area contributed by atoms with Gasteiger partial charge in [0, 0.05) is 0 Å². The number of unbranched alkanes of at least 4 members (excludes halogenated alkanes) is 15. The van der Waals surface area contributed by atoms with Crippen LogP contribution in [-0.2, 0) is 0 Å². The van der Waals surface area contributed by atoms with Crippen LogP contribution in [0.3, 0.4) is 0 Å². The molecule has 0 bridgehead atoms. The van der Waals surface area contributed by atoms with E-state index in [4.69, 9.17) is 30.6 Å². The molecule has 0 aromatic heterocycles. The van der Waals surface area contributed by atoms with Gasteiger partial charge in [0.15, 0.2) is 0 Å². The van der Waals surface area contributed by atoms with E-state index in [-0.39, 0.29) is 0 Å². The van der Waals surface area contributed by atoms with Crippen LogP contribution in [0.2, 0.25) is 0 Å². The summed E-state index contributed by atoms with van der Waals surface area (Å²) in [5.41, 5.74) is 0. The highest BCUT2D eigenvalue weighted by atomic mass is 16.4. The summed E-state index contributed by atoms with van der Waals surface area (Å²) < 4.78 is 0. The summed E-state index contributed by atoms with van der Waals surface area (Å²) in [6.07, 6.45) is 17.0. The van der Waals surface area contributed by atoms with E-state index in [1.54, 1.807) is 0 Å². The zero-order chi connectivity index (χ0) is 23.0. The number of aliphatic hydroxyl groups excluding tert-OH is 6. The van der Waals surface area contributed by atoms with Crippen molar-refractivity contribution in [2.75, 3.05) is 13.2 Å². The lowest BCUT2D eigenvalue weighted by Gasteiger charge is -2.24. The number of hydrogen-bond acceptors (Lipinski definition) is 6. The number of hydrogen-bond donors (Lipinski definition) is 6. The molecule has 0 heterocycles. The van der Waals surface area contributed by atoms with Gasteiger partial charge in [0.2, 0.25) is 0 Å². The summed E-state index contributed by atoms with van der Waals surface area (Å²) in [5, 5.41) is 52.2. The third kappa shape index (κ3) is 21.0. The molecule has 0 saturated heterocycles. The summed E-state index contributed by atoms with van der Waals surface area (Å²) in [5.74, 6) is 0. The summed E-state index contributed by atoms with van der Waals surface area (Å²) in [6, 6.07) is 0. The van der Waals surface area contributed by atoms with Crippen LogP contribution in [0.5, 0.6) is 0 Å². The van der Waals surface area contributed by atoms with E-state index in [1.807, 2.05) is 0 Å². The van der Waals surface area contributed by atoms with Crippen LogP contribution < -0.4 is 0 Å². The highest BCUT2D eigenvalue weighted by Crippen LogP contribution is 2.13. The van der Waals surface area contributed by atoms with Gasteiger partial charge >= 0.3 is 0 Å². The van der Waals surface area contributed by atoms with Crippen LogP contribution in [-0.4, -0.2) is 68.3 Å². The second-order valence-corrected chi connectivity index (χ2v) is 8.43. The molecule has 0 radical (unpaired) electrons. The first kappa shape index (κ1) is 31.9. The fourth-order valence-electron chi connectivity index (χ4n) is 3.29. The molecule has 184 valence electrons. The Balaban J connectivity index is 0. The van der Waals surface area contributed by atoms with Crippen LogP contribution >= 0.6 is 0 Å². The van der Waals surface area contributed by atoms with E-state index < -0.39 is 37.6 Å². The quantitative estimate of drug-likeness (QED) is 0.162. The van der Waals surface area contributed by atoms with E-state index in [1.165, 1.54) is 103 Å². The molecular formula is C24H52O6. The van der Waals surface area contributed by atoms with Crippen molar-refractivity contribution in [1.82, 2.24) is 0 Å². The molecule has 0 aliphatic heterocycles. The van der Waals surface area contributed by atoms with Crippen molar-refractivity contribution in [2.24, 2.45) is 0 Å². The Hall–Kier alpha value is -0.240. The van der Waals surface area contributed by atoms with Crippen LogP contribution in [0.15, 0.2) is 0 Å². The highest BCUT2D eigenvalue weighted by Gasteiger charge is 2.29. The molecule has 0 aliphatic rings. The van der Waals surface area contributed by atoms with Crippen LogP contribution in [0, 0.1) is 0 Å². The van der Waals surface area contributed by atoms with Gasteiger partial charge in [0.25, 0.3) is 0 Å². The second kappa shape index (κ2) is 25.0. The fourth-order valence-corrected chi connectivity index (χ4v) is 3.29. The molecule has 0 spiro atoms. The third-order valence-corrected chi connectivity index (χ3v) is 5.47. The lowest BCUT2D eigenvalue weighted by atomic mass is 10.0. The Labute approximate surface area is 185 Å². The van der Waals surface area contributed by atoms with E-state index in [9.17, 15) is 0 Å². The standard InChI is InChI=1S/C18H38.C6H14O6/c1-3-5-7-9-11-13-15-17-18-16-14-12-10-8-6-4-2;7-1-3(9)5(11)6(12)4(10)2-8/h3-18H2,1-2H3;3-12H,1-2H2. The lowest BCUT2D eigenvalue weighted by Crippen LogP contribution is -2.46. The highest BCUT2D eigenvalue weighted by molar-refractivity contribution is 4.79. The van der Waals surface area contributed by atoms with Crippen molar-refractivity contribution < 1.29 is 30.6 Å². The average molecular weight is 437 g/mol. The topological polar surface area (TPSA) is 121 Å². The molecule has 0 aromatic carbocycles. The smallest absolute Gasteiger partial charge is 0.111 e. The second-order valence-electron chi connectivity index (χ2n) is 8.43. The molecule has 0 amide bonds. The van der Waals surface area contributed by atoms with Crippen LogP contribution in [0.25, 0.3) is 0 Å². The number of aliphatic hydroxyl groups is 6. The largest absolute Gasteiger partial charge is 0.394 e. The van der Waals surface area contributed by atoms with Gasteiger partial charge in [-0.15, -0.1) is 0 Å². The Morgan fingerprint density at radius 1 is 0.400 bits per heavy atom. The van der Waals surface area contributed by atoms with Crippen molar-refractivity contribution in [2.45, 2.75) is 141 Å². The molecule has 0 saturated carbocycles. The molecule has 0 rings (SSSR count). The maximum absolute atomic E-state index is 8.96. The van der Waals surface area contributed by atoms with Gasteiger partial charge in [-0.25, -0.2) is 0 Å². The maximum atomic E-state index is 8.96. The molecule has 0 aromatic rings. The first-order valence-electron chi connectivity index (χ1n) is 12.4. The zero-order valence-corrected chi connectivity index (χ0v) is 19.7. The molecule has 0 aliphatic carbocycles. The first-order valence-corrected chi connectivity index (χ1v) is 12.4. The van der Waals surface area contributed by atoms with Gasteiger partial charge in [-0.1, -0.05) is 117 Å². The summed E-state index contributed by atoms with van der Waals surface area (Å²) in [6.45, 7) is 3.14. The third-order valence-electron chi connectivity index (χ3n) is 5.47. The minimum Gasteiger partial charge on any atom is -0.394 e. The van der Waals surface area contributed by atoms with Gasteiger partial charge in [-0.05, 0) is 0 Å². The predicted molar refractivity (Wildman–Crippen MR) is 123 cm³/mol. The van der Waals surface area contributed by atoms with E-state index in [0.717, 1.165) is 0 Å². The maximum Gasteiger partial charge on any atom is 0.111 e. The molecule has 6 heteroatoms.